The predicted octanol–water partition coefficient (Wildman–Crippen LogP) is 3.37. The van der Waals surface area contributed by atoms with Gasteiger partial charge in [-0.1, -0.05) is 11.6 Å². The van der Waals surface area contributed by atoms with Gasteiger partial charge in [0, 0.05) is 12.3 Å². The second-order valence-corrected chi connectivity index (χ2v) is 4.26. The summed E-state index contributed by atoms with van der Waals surface area (Å²) in [5.74, 6) is 1.62. The Labute approximate surface area is 121 Å². The molecular formula is C14H12ClN3O2. The van der Waals surface area contributed by atoms with Gasteiger partial charge in [0.25, 0.3) is 0 Å². The third-order valence-electron chi connectivity index (χ3n) is 2.63. The van der Waals surface area contributed by atoms with Crippen molar-refractivity contribution in [3.63, 3.8) is 0 Å². The van der Waals surface area contributed by atoms with Crippen LogP contribution in [0.1, 0.15) is 5.56 Å². The third kappa shape index (κ3) is 2.92. The molecule has 1 heterocycles. The number of benzene rings is 1. The van der Waals surface area contributed by atoms with Gasteiger partial charge in [-0.05, 0) is 18.2 Å². The highest BCUT2D eigenvalue weighted by Crippen LogP contribution is 2.37. The maximum atomic E-state index is 8.87. The van der Waals surface area contributed by atoms with Crippen molar-refractivity contribution < 1.29 is 9.47 Å². The van der Waals surface area contributed by atoms with Crippen LogP contribution >= 0.6 is 11.6 Å². The second kappa shape index (κ2) is 6.13. The monoisotopic (exact) mass is 289 g/mol. The van der Waals surface area contributed by atoms with Gasteiger partial charge >= 0.3 is 0 Å². The number of nitrogens with one attached hydrogen (secondary N) is 1. The van der Waals surface area contributed by atoms with E-state index in [0.717, 1.165) is 0 Å². The van der Waals surface area contributed by atoms with Crippen molar-refractivity contribution in [3.8, 4) is 17.6 Å². The lowest BCUT2D eigenvalue weighted by Crippen LogP contribution is -1.98. The molecule has 0 aliphatic carbocycles. The first-order chi connectivity index (χ1) is 9.67. The second-order valence-electron chi connectivity index (χ2n) is 3.85. The molecule has 0 aliphatic rings. The van der Waals surface area contributed by atoms with Crippen molar-refractivity contribution in [1.82, 2.24) is 4.98 Å². The van der Waals surface area contributed by atoms with E-state index in [-0.39, 0.29) is 0 Å². The van der Waals surface area contributed by atoms with Crippen LogP contribution in [0, 0.1) is 11.3 Å². The molecule has 0 radical (unpaired) electrons. The van der Waals surface area contributed by atoms with Gasteiger partial charge in [-0.2, -0.15) is 5.26 Å². The van der Waals surface area contributed by atoms with Crippen molar-refractivity contribution in [2.75, 3.05) is 19.5 Å². The SMILES string of the molecule is COc1cc(OC)c(Nc2cc(C#N)ccn2)cc1Cl. The number of nitrogens with zero attached hydrogens (tertiary/aromatic N) is 2. The molecule has 0 atom stereocenters. The van der Waals surface area contributed by atoms with Crippen LogP contribution in [0.2, 0.25) is 5.02 Å². The number of ether oxygens (including phenoxy) is 2. The van der Waals surface area contributed by atoms with Gasteiger partial charge in [0.05, 0.1) is 36.6 Å². The number of hydrogen-bond acceptors (Lipinski definition) is 5. The lowest BCUT2D eigenvalue weighted by molar-refractivity contribution is 0.396. The van der Waals surface area contributed by atoms with Crippen molar-refractivity contribution in [2.24, 2.45) is 0 Å². The first-order valence-electron chi connectivity index (χ1n) is 5.72. The summed E-state index contributed by atoms with van der Waals surface area (Å²) in [5.41, 5.74) is 1.15. The van der Waals surface area contributed by atoms with E-state index in [9.17, 15) is 0 Å². The van der Waals surface area contributed by atoms with Crippen LogP contribution in [0.15, 0.2) is 30.5 Å². The molecule has 0 bridgehead atoms. The summed E-state index contributed by atoms with van der Waals surface area (Å²) in [4.78, 5) is 4.14. The molecule has 1 aromatic heterocycles. The van der Waals surface area contributed by atoms with Gasteiger partial charge in [-0.25, -0.2) is 4.98 Å². The molecule has 0 fully saturated rings. The predicted molar refractivity (Wildman–Crippen MR) is 76.8 cm³/mol. The molecule has 0 amide bonds. The minimum absolute atomic E-state index is 0.451. The smallest absolute Gasteiger partial charge is 0.146 e. The zero-order chi connectivity index (χ0) is 14.5. The molecule has 102 valence electrons. The lowest BCUT2D eigenvalue weighted by Gasteiger charge is -2.13. The van der Waals surface area contributed by atoms with E-state index < -0.39 is 0 Å². The maximum absolute atomic E-state index is 8.87. The first kappa shape index (κ1) is 14.0. The highest BCUT2D eigenvalue weighted by atomic mass is 35.5. The van der Waals surface area contributed by atoms with Crippen LogP contribution in [0.5, 0.6) is 11.5 Å². The van der Waals surface area contributed by atoms with Crippen LogP contribution in [-0.2, 0) is 0 Å². The number of rotatable bonds is 4. The van der Waals surface area contributed by atoms with Gasteiger partial charge in [0.1, 0.15) is 17.3 Å². The Morgan fingerprint density at radius 1 is 1.20 bits per heavy atom. The fourth-order valence-corrected chi connectivity index (χ4v) is 1.90. The summed E-state index contributed by atoms with van der Waals surface area (Å²) in [6.07, 6.45) is 1.55. The Hall–Kier alpha value is -2.45. The number of nitriles is 1. The number of halogens is 1. The van der Waals surface area contributed by atoms with Crippen molar-refractivity contribution in [1.29, 1.82) is 5.26 Å². The van der Waals surface area contributed by atoms with E-state index in [2.05, 4.69) is 16.4 Å². The Bertz CT molecular complexity index is 668. The summed E-state index contributed by atoms with van der Waals surface area (Å²) >= 11 is 6.09. The molecule has 0 saturated heterocycles. The summed E-state index contributed by atoms with van der Waals surface area (Å²) < 4.78 is 10.4. The van der Waals surface area contributed by atoms with Gasteiger partial charge in [0.15, 0.2) is 0 Å². The fraction of sp³-hybridized carbons (Fsp3) is 0.143. The maximum Gasteiger partial charge on any atom is 0.146 e. The van der Waals surface area contributed by atoms with Gasteiger partial charge in [-0.3, -0.25) is 0 Å². The van der Waals surface area contributed by atoms with Gasteiger partial charge < -0.3 is 14.8 Å². The molecule has 0 saturated carbocycles. The molecule has 2 aromatic rings. The molecule has 2 rings (SSSR count). The van der Waals surface area contributed by atoms with Gasteiger partial charge in [-0.15, -0.1) is 0 Å². The average molecular weight is 290 g/mol. The molecule has 0 unspecified atom stereocenters. The van der Waals surface area contributed by atoms with Crippen LogP contribution in [0.4, 0.5) is 11.5 Å². The van der Waals surface area contributed by atoms with Crippen LogP contribution in [0.3, 0.4) is 0 Å². The fourth-order valence-electron chi connectivity index (χ4n) is 1.66. The largest absolute Gasteiger partial charge is 0.495 e. The number of pyridine rings is 1. The topological polar surface area (TPSA) is 67.2 Å². The van der Waals surface area contributed by atoms with Crippen molar-refractivity contribution >= 4 is 23.1 Å². The van der Waals surface area contributed by atoms with Crippen LogP contribution in [0.25, 0.3) is 0 Å². The minimum atomic E-state index is 0.451. The van der Waals surface area contributed by atoms with Crippen LogP contribution < -0.4 is 14.8 Å². The normalized spacial score (nSPS) is 9.70. The van der Waals surface area contributed by atoms with E-state index in [1.165, 1.54) is 7.11 Å². The van der Waals surface area contributed by atoms with Crippen molar-refractivity contribution in [2.45, 2.75) is 0 Å². The molecule has 20 heavy (non-hydrogen) atoms. The first-order valence-corrected chi connectivity index (χ1v) is 6.10. The molecule has 0 aliphatic heterocycles. The molecule has 5 nitrogen and oxygen atoms in total. The highest BCUT2D eigenvalue weighted by molar-refractivity contribution is 6.32. The number of methoxy groups -OCH3 is 2. The summed E-state index contributed by atoms with van der Waals surface area (Å²) in [7, 11) is 3.08. The quantitative estimate of drug-likeness (QED) is 0.934. The summed E-state index contributed by atoms with van der Waals surface area (Å²) in [5, 5.41) is 12.4. The summed E-state index contributed by atoms with van der Waals surface area (Å²) in [6.45, 7) is 0. The number of aromatic nitrogens is 1. The third-order valence-corrected chi connectivity index (χ3v) is 2.92. The molecule has 0 spiro atoms. The minimum Gasteiger partial charge on any atom is -0.495 e. The lowest BCUT2D eigenvalue weighted by atomic mass is 10.2. The standard InChI is InChI=1S/C14H12ClN3O2/c1-19-12-7-13(20-2)11(6-10(12)15)18-14-5-9(8-16)3-4-17-14/h3-7H,1-2H3,(H,17,18). The van der Waals surface area contributed by atoms with Crippen LogP contribution in [-0.4, -0.2) is 19.2 Å². The van der Waals surface area contributed by atoms with Gasteiger partial charge in [0.2, 0.25) is 0 Å². The van der Waals surface area contributed by atoms with E-state index in [1.807, 2.05) is 0 Å². The highest BCUT2D eigenvalue weighted by Gasteiger charge is 2.10. The van der Waals surface area contributed by atoms with E-state index in [0.29, 0.717) is 33.6 Å². The summed E-state index contributed by atoms with van der Waals surface area (Å²) in [6, 6.07) is 8.68. The Morgan fingerprint density at radius 2 is 1.95 bits per heavy atom. The van der Waals surface area contributed by atoms with E-state index in [4.69, 9.17) is 26.3 Å². The molecule has 6 heteroatoms. The van der Waals surface area contributed by atoms with E-state index in [1.54, 1.807) is 37.6 Å². The zero-order valence-corrected chi connectivity index (χ0v) is 11.7. The average Bonchev–Trinajstić information content (AvgIpc) is 2.48. The Balaban J connectivity index is 2.37. The Morgan fingerprint density at radius 3 is 2.60 bits per heavy atom. The number of hydrogen-bond donors (Lipinski definition) is 1. The van der Waals surface area contributed by atoms with E-state index >= 15 is 0 Å². The number of anilines is 2. The molecule has 1 aromatic carbocycles. The zero-order valence-electron chi connectivity index (χ0n) is 11.0. The molecular weight excluding hydrogens is 278 g/mol. The van der Waals surface area contributed by atoms with Crippen molar-refractivity contribution in [3.05, 3.63) is 41.0 Å². The molecule has 1 N–H and O–H groups in total. The Kier molecular flexibility index (Phi) is 4.28.